The average Bonchev–Trinajstić information content (AvgIpc) is 2.81. The number of phenols is 1. The molecular formula is C25H30N2O9. The van der Waals surface area contributed by atoms with Crippen molar-refractivity contribution in [1.82, 2.24) is 0 Å². The zero-order valence-corrected chi connectivity index (χ0v) is 19.7. The number of amides is 1. The van der Waals surface area contributed by atoms with E-state index in [1.807, 2.05) is 0 Å². The van der Waals surface area contributed by atoms with E-state index >= 15 is 0 Å². The topological polar surface area (TPSA) is 210 Å². The van der Waals surface area contributed by atoms with E-state index < -0.39 is 77.1 Å². The Balaban J connectivity index is 1.89. The van der Waals surface area contributed by atoms with Gasteiger partial charge in [0.15, 0.2) is 11.4 Å². The average molecular weight is 503 g/mol. The Morgan fingerprint density at radius 2 is 1.89 bits per heavy atom. The minimum atomic E-state index is -2.89. The zero-order valence-electron chi connectivity index (χ0n) is 19.7. The number of fused-ring (bicyclic) bond motifs is 3. The molecule has 0 aromatic heterocycles. The summed E-state index contributed by atoms with van der Waals surface area (Å²) < 4.78 is 5.77. The molecule has 0 aliphatic heterocycles. The van der Waals surface area contributed by atoms with Gasteiger partial charge in [-0.05, 0) is 43.4 Å². The summed E-state index contributed by atoms with van der Waals surface area (Å²) >= 11 is 0. The number of Topliss-reactive ketones (excluding diaryl/α,β-unsaturated/α-hetero) is 2. The van der Waals surface area contributed by atoms with E-state index in [0.29, 0.717) is 24.9 Å². The van der Waals surface area contributed by atoms with Crippen LogP contribution in [0.2, 0.25) is 0 Å². The third-order valence-corrected chi connectivity index (χ3v) is 7.75. The smallest absolute Gasteiger partial charge is 0.306 e. The molecule has 0 saturated heterocycles. The molecule has 1 aromatic rings. The van der Waals surface area contributed by atoms with Crippen molar-refractivity contribution in [1.29, 1.82) is 0 Å². The minimum Gasteiger partial charge on any atom is -0.507 e. The molecule has 0 heterocycles. The van der Waals surface area contributed by atoms with Crippen molar-refractivity contribution in [3.05, 3.63) is 34.9 Å². The first kappa shape index (κ1) is 25.8. The summed E-state index contributed by atoms with van der Waals surface area (Å²) in [6, 6.07) is 4.51. The monoisotopic (exact) mass is 502 g/mol. The minimum absolute atomic E-state index is 0.0172. The summed E-state index contributed by atoms with van der Waals surface area (Å²) in [5, 5.41) is 43.8. The van der Waals surface area contributed by atoms with Crippen LogP contribution in [-0.2, 0) is 23.9 Å². The standard InChI is InChI=1S/C25H30N2O9/c1-10-11-5-4-6-13(28)17(11)20(31)19-16(10)21(36-15(30)7-2-3-8-26)12-9-14(29)18(24(27)34)22(32)25(12,35)23(19)33/h4-6,10,12,14,16,18,21,28-29,31,35H,2-3,7-9,26H2,1H3,(H2,27,34)/t10-,12+,14?,16+,18?,21+,25+/m0/s1. The van der Waals surface area contributed by atoms with E-state index in [0.717, 1.165) is 0 Å². The Kier molecular flexibility index (Phi) is 6.67. The van der Waals surface area contributed by atoms with Crippen LogP contribution in [0.1, 0.15) is 49.7 Å². The first-order valence-corrected chi connectivity index (χ1v) is 11.9. The maximum absolute atomic E-state index is 13.8. The summed E-state index contributed by atoms with van der Waals surface area (Å²) in [4.78, 5) is 51.8. The van der Waals surface area contributed by atoms with E-state index in [9.17, 15) is 39.6 Å². The molecule has 3 aliphatic rings. The van der Waals surface area contributed by atoms with Crippen molar-refractivity contribution >= 4 is 29.2 Å². The number of phenolic OH excluding ortho intramolecular Hbond substituents is 1. The number of nitrogens with two attached hydrogens (primary N) is 2. The largest absolute Gasteiger partial charge is 0.507 e. The first-order valence-electron chi connectivity index (χ1n) is 11.9. The van der Waals surface area contributed by atoms with Crippen molar-refractivity contribution < 1.29 is 44.3 Å². The molecule has 36 heavy (non-hydrogen) atoms. The highest BCUT2D eigenvalue weighted by molar-refractivity contribution is 6.25. The normalized spacial score (nSPS) is 33.4. The van der Waals surface area contributed by atoms with E-state index in [1.165, 1.54) is 6.07 Å². The molecule has 0 bridgehead atoms. The molecular weight excluding hydrogens is 472 g/mol. The fraction of sp³-hybridized carbons (Fsp3) is 0.520. The number of ether oxygens (including phenoxy) is 1. The van der Waals surface area contributed by atoms with E-state index in [4.69, 9.17) is 16.2 Å². The SMILES string of the molecule is C[C@H]1c2cccc(O)c2C(O)=C2C(=O)[C@]3(O)C(=O)C(C(N)=O)C(O)C[C@@H]3[C@@H](OC(=O)CCCCN)[C@@H]21. The maximum Gasteiger partial charge on any atom is 0.306 e. The Morgan fingerprint density at radius 3 is 2.53 bits per heavy atom. The molecule has 7 atom stereocenters. The van der Waals surface area contributed by atoms with Crippen LogP contribution in [0, 0.1) is 17.8 Å². The number of primary amides is 1. The number of hydrogen-bond donors (Lipinski definition) is 6. The lowest BCUT2D eigenvalue weighted by molar-refractivity contribution is -0.195. The van der Waals surface area contributed by atoms with E-state index in [1.54, 1.807) is 19.1 Å². The summed E-state index contributed by atoms with van der Waals surface area (Å²) in [5.41, 5.74) is 7.94. The zero-order chi connectivity index (χ0) is 26.5. The number of rotatable bonds is 6. The number of aromatic hydroxyl groups is 1. The predicted octanol–water partition coefficient (Wildman–Crippen LogP) is -0.199. The summed E-state index contributed by atoms with van der Waals surface area (Å²) in [5.74, 6) is -10.2. The highest BCUT2D eigenvalue weighted by Crippen LogP contribution is 2.56. The number of aliphatic hydroxyl groups excluding tert-OH is 2. The van der Waals surface area contributed by atoms with Gasteiger partial charge in [0.2, 0.25) is 11.7 Å². The molecule has 1 amide bonds. The molecule has 0 spiro atoms. The molecule has 11 nitrogen and oxygen atoms in total. The number of aliphatic hydroxyl groups is 3. The Hall–Kier alpha value is -3.28. The molecule has 1 aromatic carbocycles. The van der Waals surface area contributed by atoms with Crippen LogP contribution in [0.3, 0.4) is 0 Å². The highest BCUT2D eigenvalue weighted by atomic mass is 16.5. The summed E-state index contributed by atoms with van der Waals surface area (Å²) in [6.07, 6.45) is -2.38. The summed E-state index contributed by atoms with van der Waals surface area (Å²) in [7, 11) is 0. The fourth-order valence-corrected chi connectivity index (χ4v) is 6.01. The lowest BCUT2D eigenvalue weighted by atomic mass is 9.53. The Bertz CT molecular complexity index is 1160. The number of esters is 1. The third-order valence-electron chi connectivity index (χ3n) is 7.75. The van der Waals surface area contributed by atoms with Gasteiger partial charge in [-0.25, -0.2) is 0 Å². The van der Waals surface area contributed by atoms with Crippen LogP contribution in [0.15, 0.2) is 23.8 Å². The van der Waals surface area contributed by atoms with Gasteiger partial charge in [0, 0.05) is 23.8 Å². The van der Waals surface area contributed by atoms with Gasteiger partial charge in [0.05, 0.1) is 11.7 Å². The van der Waals surface area contributed by atoms with Gasteiger partial charge < -0.3 is 36.6 Å². The van der Waals surface area contributed by atoms with Gasteiger partial charge in [-0.15, -0.1) is 0 Å². The van der Waals surface area contributed by atoms with Gasteiger partial charge in [-0.3, -0.25) is 19.2 Å². The van der Waals surface area contributed by atoms with Crippen LogP contribution in [-0.4, -0.2) is 68.2 Å². The van der Waals surface area contributed by atoms with Crippen molar-refractivity contribution in [2.24, 2.45) is 29.2 Å². The number of ketones is 2. The number of carbonyl (C=O) groups excluding carboxylic acids is 4. The third kappa shape index (κ3) is 3.69. The molecule has 2 saturated carbocycles. The first-order chi connectivity index (χ1) is 17.0. The molecule has 2 fully saturated rings. The molecule has 4 rings (SSSR count). The predicted molar refractivity (Wildman–Crippen MR) is 124 cm³/mol. The lowest BCUT2D eigenvalue weighted by Crippen LogP contribution is -2.70. The van der Waals surface area contributed by atoms with Crippen LogP contribution < -0.4 is 11.5 Å². The van der Waals surface area contributed by atoms with Gasteiger partial charge in [0.25, 0.3) is 0 Å². The summed E-state index contributed by atoms with van der Waals surface area (Å²) in [6.45, 7) is 2.07. The van der Waals surface area contributed by atoms with Crippen LogP contribution in [0.5, 0.6) is 5.75 Å². The Labute approximate surface area is 206 Å². The molecule has 8 N–H and O–H groups in total. The number of carbonyl (C=O) groups is 4. The second-order valence-electron chi connectivity index (χ2n) is 9.77. The molecule has 194 valence electrons. The van der Waals surface area contributed by atoms with Crippen molar-refractivity contribution in [2.75, 3.05) is 6.54 Å². The van der Waals surface area contributed by atoms with Gasteiger partial charge in [0.1, 0.15) is 23.5 Å². The van der Waals surface area contributed by atoms with Gasteiger partial charge in [-0.1, -0.05) is 19.1 Å². The lowest BCUT2D eigenvalue weighted by Gasteiger charge is -2.53. The Morgan fingerprint density at radius 1 is 1.19 bits per heavy atom. The van der Waals surface area contributed by atoms with Crippen LogP contribution >= 0.6 is 0 Å². The molecule has 11 heteroatoms. The van der Waals surface area contributed by atoms with Crippen molar-refractivity contribution in [2.45, 2.75) is 56.3 Å². The number of unbranched alkanes of at least 4 members (excludes halogenated alkanes) is 1. The molecule has 2 unspecified atom stereocenters. The quantitative estimate of drug-likeness (QED) is 0.171. The van der Waals surface area contributed by atoms with Crippen molar-refractivity contribution in [3.63, 3.8) is 0 Å². The number of benzene rings is 1. The number of hydrogen-bond acceptors (Lipinski definition) is 10. The molecule has 0 radical (unpaired) electrons. The maximum atomic E-state index is 13.8. The van der Waals surface area contributed by atoms with Crippen LogP contribution in [0.25, 0.3) is 5.76 Å². The van der Waals surface area contributed by atoms with Gasteiger partial charge in [-0.2, -0.15) is 0 Å². The van der Waals surface area contributed by atoms with Crippen molar-refractivity contribution in [3.8, 4) is 5.75 Å². The molecule has 3 aliphatic carbocycles. The van der Waals surface area contributed by atoms with E-state index in [-0.39, 0.29) is 23.3 Å². The second-order valence-corrected chi connectivity index (χ2v) is 9.77. The van der Waals surface area contributed by atoms with Gasteiger partial charge >= 0.3 is 5.97 Å². The van der Waals surface area contributed by atoms with Crippen LogP contribution in [0.4, 0.5) is 0 Å². The highest BCUT2D eigenvalue weighted by Gasteiger charge is 2.68. The fourth-order valence-electron chi connectivity index (χ4n) is 6.01. The van der Waals surface area contributed by atoms with E-state index in [2.05, 4.69) is 0 Å². The second kappa shape index (κ2) is 9.30.